The van der Waals surface area contributed by atoms with Crippen LogP contribution >= 0.6 is 23.4 Å². The molecule has 19 heavy (non-hydrogen) atoms. The zero-order valence-electron chi connectivity index (χ0n) is 9.68. The van der Waals surface area contributed by atoms with Gasteiger partial charge in [0.1, 0.15) is 11.8 Å². The van der Waals surface area contributed by atoms with Crippen LogP contribution in [0.2, 0.25) is 5.02 Å². The number of benzene rings is 1. The second-order valence-corrected chi connectivity index (χ2v) is 5.06. The van der Waals surface area contributed by atoms with E-state index in [1.54, 1.807) is 0 Å². The third kappa shape index (κ3) is 5.63. The van der Waals surface area contributed by atoms with Crippen molar-refractivity contribution in [3.8, 4) is 5.75 Å². The predicted octanol–water partition coefficient (Wildman–Crippen LogP) is 2.59. The lowest BCUT2D eigenvalue weighted by molar-refractivity contribution is -0.137. The van der Waals surface area contributed by atoms with Gasteiger partial charge in [0, 0.05) is 22.1 Å². The first kappa shape index (κ1) is 16.0. The number of carboxylic acids is 1. The highest BCUT2D eigenvalue weighted by atomic mass is 35.5. The molecule has 3 N–H and O–H groups in total. The molecule has 0 saturated carbocycles. The lowest BCUT2D eigenvalue weighted by Gasteiger charge is -2.11. The van der Waals surface area contributed by atoms with Crippen molar-refractivity contribution in [3.63, 3.8) is 0 Å². The lowest BCUT2D eigenvalue weighted by atomic mass is 10.2. The monoisotopic (exact) mass is 311 g/mol. The number of nitrogens with two attached hydrogens (primary N) is 1. The summed E-state index contributed by atoms with van der Waals surface area (Å²) in [5.74, 6) is -0.641. The number of ether oxygens (including phenoxy) is 1. The first-order valence-corrected chi connectivity index (χ1v) is 6.72. The minimum Gasteiger partial charge on any atom is -0.480 e. The Labute approximate surface area is 117 Å². The Morgan fingerprint density at radius 2 is 2.21 bits per heavy atom. The number of aliphatic carboxylic acids is 1. The molecule has 1 aromatic rings. The van der Waals surface area contributed by atoms with E-state index in [4.69, 9.17) is 22.4 Å². The molecule has 4 nitrogen and oxygen atoms in total. The lowest BCUT2D eigenvalue weighted by Crippen LogP contribution is -2.32. The molecule has 8 heteroatoms. The van der Waals surface area contributed by atoms with E-state index in [2.05, 4.69) is 4.74 Å². The maximum atomic E-state index is 12.2. The molecule has 0 heterocycles. The van der Waals surface area contributed by atoms with Gasteiger partial charge in [-0.2, -0.15) is 20.5 Å². The molecular weight excluding hydrogens is 300 g/mol. The van der Waals surface area contributed by atoms with E-state index in [0.29, 0.717) is 10.6 Å². The van der Waals surface area contributed by atoms with Crippen molar-refractivity contribution in [2.75, 3.05) is 5.75 Å². The third-order valence-corrected chi connectivity index (χ3v) is 3.46. The fourth-order valence-corrected chi connectivity index (χ4v) is 2.39. The number of carbonyl (C=O) groups is 1. The average molecular weight is 312 g/mol. The largest absolute Gasteiger partial charge is 0.480 e. The quantitative estimate of drug-likeness (QED) is 0.809. The fraction of sp³-hybridized carbons (Fsp3) is 0.364. The van der Waals surface area contributed by atoms with E-state index in [9.17, 15) is 13.6 Å². The normalized spacial score (nSPS) is 12.5. The standard InChI is InChI=1S/C11H12ClF2NO3S/c12-7-1-2-9(18-11(13)14)6(3-7)4-19-5-8(15)10(16)17/h1-3,8,11H,4-5,15H2,(H,16,17)/t8-/m1/s1. The molecule has 0 unspecified atom stereocenters. The van der Waals surface area contributed by atoms with Gasteiger partial charge in [-0.3, -0.25) is 4.79 Å². The maximum Gasteiger partial charge on any atom is 0.387 e. The smallest absolute Gasteiger partial charge is 0.387 e. The number of hydrogen-bond acceptors (Lipinski definition) is 4. The molecule has 0 bridgehead atoms. The number of halogens is 3. The Morgan fingerprint density at radius 3 is 2.79 bits per heavy atom. The summed E-state index contributed by atoms with van der Waals surface area (Å²) in [6.07, 6.45) is 0. The van der Waals surface area contributed by atoms with Crippen LogP contribution in [0.3, 0.4) is 0 Å². The molecule has 106 valence electrons. The molecule has 0 saturated heterocycles. The maximum absolute atomic E-state index is 12.2. The Balaban J connectivity index is 2.65. The van der Waals surface area contributed by atoms with Gasteiger partial charge in [0.25, 0.3) is 0 Å². The van der Waals surface area contributed by atoms with Gasteiger partial charge in [-0.25, -0.2) is 0 Å². The number of thioether (sulfide) groups is 1. The first-order valence-electron chi connectivity index (χ1n) is 5.19. The number of rotatable bonds is 7. The minimum absolute atomic E-state index is 0.0239. The molecule has 0 radical (unpaired) electrons. The fourth-order valence-electron chi connectivity index (χ4n) is 1.24. The van der Waals surface area contributed by atoms with Gasteiger partial charge in [0.15, 0.2) is 0 Å². The molecule has 0 aliphatic carbocycles. The van der Waals surface area contributed by atoms with Crippen molar-refractivity contribution in [1.82, 2.24) is 0 Å². The summed E-state index contributed by atoms with van der Waals surface area (Å²) in [6.45, 7) is -2.92. The van der Waals surface area contributed by atoms with Crippen molar-refractivity contribution >= 4 is 29.3 Å². The topological polar surface area (TPSA) is 72.5 Å². The minimum atomic E-state index is -2.92. The average Bonchev–Trinajstić information content (AvgIpc) is 2.31. The zero-order chi connectivity index (χ0) is 14.4. The Morgan fingerprint density at radius 1 is 1.53 bits per heavy atom. The van der Waals surface area contributed by atoms with Gasteiger partial charge in [0.05, 0.1) is 0 Å². The zero-order valence-corrected chi connectivity index (χ0v) is 11.3. The van der Waals surface area contributed by atoms with Crippen LogP contribution < -0.4 is 10.5 Å². The highest BCUT2D eigenvalue weighted by Gasteiger charge is 2.14. The molecule has 0 aromatic heterocycles. The van der Waals surface area contributed by atoms with Gasteiger partial charge >= 0.3 is 12.6 Å². The molecule has 0 aliphatic rings. The van der Waals surface area contributed by atoms with Crippen LogP contribution in [0.15, 0.2) is 18.2 Å². The van der Waals surface area contributed by atoms with Gasteiger partial charge in [-0.15, -0.1) is 0 Å². The molecule has 1 atom stereocenters. The Bertz CT molecular complexity index is 448. The summed E-state index contributed by atoms with van der Waals surface area (Å²) in [4.78, 5) is 10.5. The molecular formula is C11H12ClF2NO3S. The van der Waals surface area contributed by atoms with Crippen molar-refractivity contribution in [2.24, 2.45) is 5.73 Å². The number of hydrogen-bond donors (Lipinski definition) is 2. The molecule has 0 fully saturated rings. The van der Waals surface area contributed by atoms with Crippen LogP contribution in [-0.2, 0) is 10.5 Å². The second kappa shape index (κ2) is 7.52. The van der Waals surface area contributed by atoms with Crippen LogP contribution in [0.5, 0.6) is 5.75 Å². The van der Waals surface area contributed by atoms with Crippen LogP contribution in [-0.4, -0.2) is 29.5 Å². The molecule has 1 rings (SSSR count). The van der Waals surface area contributed by atoms with Crippen molar-refractivity contribution < 1.29 is 23.4 Å². The van der Waals surface area contributed by atoms with Crippen LogP contribution in [0.25, 0.3) is 0 Å². The highest BCUT2D eigenvalue weighted by Crippen LogP contribution is 2.28. The summed E-state index contributed by atoms with van der Waals surface area (Å²) in [7, 11) is 0. The van der Waals surface area contributed by atoms with Crippen LogP contribution in [0.4, 0.5) is 8.78 Å². The van der Waals surface area contributed by atoms with E-state index in [-0.39, 0.29) is 17.3 Å². The molecule has 0 spiro atoms. The molecule has 1 aromatic carbocycles. The summed E-state index contributed by atoms with van der Waals surface area (Å²) in [6, 6.07) is 3.29. The summed E-state index contributed by atoms with van der Waals surface area (Å²) in [5.41, 5.74) is 5.80. The van der Waals surface area contributed by atoms with E-state index < -0.39 is 18.6 Å². The SMILES string of the molecule is N[C@H](CSCc1cc(Cl)ccc1OC(F)F)C(=O)O. The van der Waals surface area contributed by atoms with Crippen LogP contribution in [0.1, 0.15) is 5.56 Å². The summed E-state index contributed by atoms with van der Waals surface area (Å²) in [5, 5.41) is 9.00. The van der Waals surface area contributed by atoms with Gasteiger partial charge in [0.2, 0.25) is 0 Å². The second-order valence-electron chi connectivity index (χ2n) is 3.59. The molecule has 0 amide bonds. The van der Waals surface area contributed by atoms with Gasteiger partial charge in [-0.1, -0.05) is 11.6 Å². The Kier molecular flexibility index (Phi) is 6.33. The number of carboxylic acid groups (broad SMARTS) is 1. The highest BCUT2D eigenvalue weighted by molar-refractivity contribution is 7.98. The third-order valence-electron chi connectivity index (χ3n) is 2.11. The first-order chi connectivity index (χ1) is 8.90. The summed E-state index contributed by atoms with van der Waals surface area (Å²) < 4.78 is 28.7. The van der Waals surface area contributed by atoms with Crippen molar-refractivity contribution in [3.05, 3.63) is 28.8 Å². The number of alkyl halides is 2. The van der Waals surface area contributed by atoms with E-state index in [1.165, 1.54) is 30.0 Å². The van der Waals surface area contributed by atoms with Crippen molar-refractivity contribution in [2.45, 2.75) is 18.4 Å². The van der Waals surface area contributed by atoms with Crippen LogP contribution in [0, 0.1) is 0 Å². The van der Waals surface area contributed by atoms with E-state index in [1.807, 2.05) is 0 Å². The van der Waals surface area contributed by atoms with E-state index >= 15 is 0 Å². The van der Waals surface area contributed by atoms with Crippen molar-refractivity contribution in [1.29, 1.82) is 0 Å². The predicted molar refractivity (Wildman–Crippen MR) is 69.9 cm³/mol. The molecule has 0 aliphatic heterocycles. The van der Waals surface area contributed by atoms with Gasteiger partial charge < -0.3 is 15.6 Å². The summed E-state index contributed by atoms with van der Waals surface area (Å²) >= 11 is 6.98. The van der Waals surface area contributed by atoms with Gasteiger partial charge in [-0.05, 0) is 18.2 Å². The van der Waals surface area contributed by atoms with E-state index in [0.717, 1.165) is 0 Å². The Hall–Kier alpha value is -1.05.